The molecule has 1 aromatic rings. The van der Waals surface area contributed by atoms with Crippen molar-refractivity contribution in [2.45, 2.75) is 32.7 Å². The third-order valence-corrected chi connectivity index (χ3v) is 3.79. The largest absolute Gasteiger partial charge is 0.349 e. The molecule has 104 valence electrons. The second-order valence-electron chi connectivity index (χ2n) is 5.68. The molecule has 0 bridgehead atoms. The molecule has 0 saturated carbocycles. The maximum atomic E-state index is 12.3. The second-order valence-corrected chi connectivity index (χ2v) is 5.68. The van der Waals surface area contributed by atoms with Crippen LogP contribution in [0.1, 0.15) is 38.3 Å². The van der Waals surface area contributed by atoms with Gasteiger partial charge in [-0.05, 0) is 30.9 Å². The van der Waals surface area contributed by atoms with Gasteiger partial charge in [-0.1, -0.05) is 44.2 Å². The van der Waals surface area contributed by atoms with Gasteiger partial charge in [0.1, 0.15) is 0 Å². The highest BCUT2D eigenvalue weighted by atomic mass is 16.2. The van der Waals surface area contributed by atoms with Gasteiger partial charge in [-0.3, -0.25) is 4.79 Å². The van der Waals surface area contributed by atoms with Crippen molar-refractivity contribution in [3.63, 3.8) is 0 Å². The van der Waals surface area contributed by atoms with E-state index in [1.165, 1.54) is 5.56 Å². The van der Waals surface area contributed by atoms with Crippen molar-refractivity contribution in [2.75, 3.05) is 13.1 Å². The first kappa shape index (κ1) is 14.1. The van der Waals surface area contributed by atoms with Crippen molar-refractivity contribution in [1.29, 1.82) is 0 Å². The van der Waals surface area contributed by atoms with Crippen molar-refractivity contribution in [2.24, 2.45) is 11.8 Å². The van der Waals surface area contributed by atoms with Crippen molar-refractivity contribution in [3.8, 4) is 0 Å². The first-order valence-corrected chi connectivity index (χ1v) is 7.24. The third kappa shape index (κ3) is 3.80. The Labute approximate surface area is 115 Å². The molecule has 1 saturated heterocycles. The molecule has 1 amide bonds. The summed E-state index contributed by atoms with van der Waals surface area (Å²) in [7, 11) is 0. The Kier molecular flexibility index (Phi) is 4.97. The molecule has 1 fully saturated rings. The Bertz CT molecular complexity index is 396. The van der Waals surface area contributed by atoms with E-state index in [2.05, 4.69) is 36.6 Å². The molecular formula is C16H24N2O. The van der Waals surface area contributed by atoms with E-state index in [0.29, 0.717) is 5.92 Å². The van der Waals surface area contributed by atoms with E-state index < -0.39 is 0 Å². The molecule has 2 N–H and O–H groups in total. The number of piperidine rings is 1. The summed E-state index contributed by atoms with van der Waals surface area (Å²) in [5.41, 5.74) is 1.19. The lowest BCUT2D eigenvalue weighted by Crippen LogP contribution is -2.42. The lowest BCUT2D eigenvalue weighted by Gasteiger charge is -2.27. The third-order valence-electron chi connectivity index (χ3n) is 3.79. The van der Waals surface area contributed by atoms with Crippen LogP contribution in [0.5, 0.6) is 0 Å². The summed E-state index contributed by atoms with van der Waals surface area (Å²) in [4.78, 5) is 12.3. The predicted molar refractivity (Wildman–Crippen MR) is 77.8 cm³/mol. The minimum Gasteiger partial charge on any atom is -0.349 e. The number of carbonyl (C=O) groups is 1. The van der Waals surface area contributed by atoms with Gasteiger partial charge >= 0.3 is 0 Å². The molecule has 0 aromatic heterocycles. The number of benzene rings is 1. The van der Waals surface area contributed by atoms with Gasteiger partial charge in [0.15, 0.2) is 0 Å². The Morgan fingerprint density at radius 1 is 1.32 bits per heavy atom. The highest BCUT2D eigenvalue weighted by Gasteiger charge is 2.25. The fraction of sp³-hybridized carbons (Fsp3) is 0.562. The molecule has 1 aliphatic rings. The quantitative estimate of drug-likeness (QED) is 0.873. The van der Waals surface area contributed by atoms with E-state index in [1.54, 1.807) is 0 Å². The summed E-state index contributed by atoms with van der Waals surface area (Å²) in [6.45, 7) is 6.15. The molecule has 3 heteroatoms. The van der Waals surface area contributed by atoms with Crippen LogP contribution in [0.3, 0.4) is 0 Å². The summed E-state index contributed by atoms with van der Waals surface area (Å²) in [6.07, 6.45) is 2.09. The van der Waals surface area contributed by atoms with Crippen LogP contribution >= 0.6 is 0 Å². The van der Waals surface area contributed by atoms with Crippen LogP contribution < -0.4 is 10.6 Å². The first-order chi connectivity index (χ1) is 9.18. The summed E-state index contributed by atoms with van der Waals surface area (Å²) in [5.74, 6) is 0.705. The number of nitrogens with one attached hydrogen (secondary N) is 2. The number of hydrogen-bond donors (Lipinski definition) is 2. The molecule has 0 aliphatic carbocycles. The first-order valence-electron chi connectivity index (χ1n) is 7.24. The van der Waals surface area contributed by atoms with Gasteiger partial charge in [0.2, 0.25) is 5.91 Å². The SMILES string of the molecule is CC(C)C(NC(=O)C1CCCNC1)c1ccccc1. The monoisotopic (exact) mass is 260 g/mol. The van der Waals surface area contributed by atoms with E-state index in [0.717, 1.165) is 25.9 Å². The summed E-state index contributed by atoms with van der Waals surface area (Å²) >= 11 is 0. The number of rotatable bonds is 4. The maximum Gasteiger partial charge on any atom is 0.224 e. The lowest BCUT2D eigenvalue weighted by atomic mass is 9.93. The van der Waals surface area contributed by atoms with Crippen LogP contribution in [0.2, 0.25) is 0 Å². The molecule has 2 rings (SSSR count). The zero-order valence-corrected chi connectivity index (χ0v) is 11.9. The molecule has 2 unspecified atom stereocenters. The average Bonchev–Trinajstić information content (AvgIpc) is 2.46. The molecule has 1 aromatic carbocycles. The second kappa shape index (κ2) is 6.71. The minimum absolute atomic E-state index is 0.107. The van der Waals surface area contributed by atoms with Gasteiger partial charge in [0.25, 0.3) is 0 Å². The van der Waals surface area contributed by atoms with Crippen molar-refractivity contribution >= 4 is 5.91 Å². The van der Waals surface area contributed by atoms with Crippen LogP contribution in [0, 0.1) is 11.8 Å². The summed E-state index contributed by atoms with van der Waals surface area (Å²) < 4.78 is 0. The molecule has 3 nitrogen and oxygen atoms in total. The van der Waals surface area contributed by atoms with Crippen molar-refractivity contribution in [3.05, 3.63) is 35.9 Å². The zero-order chi connectivity index (χ0) is 13.7. The van der Waals surface area contributed by atoms with Crippen LogP contribution in [-0.4, -0.2) is 19.0 Å². The van der Waals surface area contributed by atoms with Gasteiger partial charge in [0.05, 0.1) is 12.0 Å². The predicted octanol–water partition coefficient (Wildman–Crippen LogP) is 2.50. The minimum atomic E-state index is 0.107. The van der Waals surface area contributed by atoms with E-state index in [4.69, 9.17) is 0 Å². The highest BCUT2D eigenvalue weighted by molar-refractivity contribution is 5.79. The number of carbonyl (C=O) groups excluding carboxylic acids is 1. The van der Waals surface area contributed by atoms with Crippen LogP contribution in [0.15, 0.2) is 30.3 Å². The molecule has 1 heterocycles. The molecule has 2 atom stereocenters. The standard InChI is InChI=1S/C16H24N2O/c1-12(2)15(13-7-4-3-5-8-13)18-16(19)14-9-6-10-17-11-14/h3-5,7-8,12,14-15,17H,6,9-11H2,1-2H3,(H,18,19). The molecule has 0 radical (unpaired) electrons. The Balaban J connectivity index is 2.02. The Morgan fingerprint density at radius 2 is 2.05 bits per heavy atom. The van der Waals surface area contributed by atoms with Crippen LogP contribution in [0.25, 0.3) is 0 Å². The number of hydrogen-bond acceptors (Lipinski definition) is 2. The fourth-order valence-electron chi connectivity index (χ4n) is 2.64. The fourth-order valence-corrected chi connectivity index (χ4v) is 2.64. The molecule has 0 spiro atoms. The summed E-state index contributed by atoms with van der Waals surface area (Å²) in [5, 5.41) is 6.52. The molecule has 1 aliphatic heterocycles. The number of amides is 1. The lowest BCUT2D eigenvalue weighted by molar-refractivity contribution is -0.126. The summed E-state index contributed by atoms with van der Waals surface area (Å²) in [6, 6.07) is 10.3. The normalized spacial score (nSPS) is 21.1. The average molecular weight is 260 g/mol. The Hall–Kier alpha value is -1.35. The molecular weight excluding hydrogens is 236 g/mol. The van der Waals surface area contributed by atoms with Gasteiger partial charge in [-0.25, -0.2) is 0 Å². The smallest absolute Gasteiger partial charge is 0.224 e. The highest BCUT2D eigenvalue weighted by Crippen LogP contribution is 2.22. The van der Waals surface area contributed by atoms with Crippen molar-refractivity contribution in [1.82, 2.24) is 10.6 Å². The van der Waals surface area contributed by atoms with Crippen LogP contribution in [-0.2, 0) is 4.79 Å². The van der Waals surface area contributed by atoms with Gasteiger partial charge in [0, 0.05) is 6.54 Å². The van der Waals surface area contributed by atoms with Gasteiger partial charge in [-0.15, -0.1) is 0 Å². The van der Waals surface area contributed by atoms with E-state index >= 15 is 0 Å². The van der Waals surface area contributed by atoms with Crippen molar-refractivity contribution < 1.29 is 4.79 Å². The van der Waals surface area contributed by atoms with E-state index in [1.807, 2.05) is 18.2 Å². The van der Waals surface area contributed by atoms with Crippen LogP contribution in [0.4, 0.5) is 0 Å². The Morgan fingerprint density at radius 3 is 2.63 bits per heavy atom. The van der Waals surface area contributed by atoms with E-state index in [-0.39, 0.29) is 17.9 Å². The van der Waals surface area contributed by atoms with Gasteiger partial charge in [-0.2, -0.15) is 0 Å². The van der Waals surface area contributed by atoms with E-state index in [9.17, 15) is 4.79 Å². The molecule has 19 heavy (non-hydrogen) atoms. The maximum absolute atomic E-state index is 12.3. The van der Waals surface area contributed by atoms with Gasteiger partial charge < -0.3 is 10.6 Å². The zero-order valence-electron chi connectivity index (χ0n) is 11.9. The topological polar surface area (TPSA) is 41.1 Å².